The van der Waals surface area contributed by atoms with Gasteiger partial charge in [0.1, 0.15) is 12.6 Å². The molecule has 0 aliphatic rings. The summed E-state index contributed by atoms with van der Waals surface area (Å²) in [6.07, 6.45) is 1.09. The highest BCUT2D eigenvalue weighted by molar-refractivity contribution is 7.92. The molecular formula is C25H35N3O4S. The molecule has 0 aliphatic heterocycles. The van der Waals surface area contributed by atoms with Crippen molar-refractivity contribution in [1.29, 1.82) is 0 Å². The fourth-order valence-electron chi connectivity index (χ4n) is 3.59. The number of nitrogens with zero attached hydrogens (tertiary/aromatic N) is 2. The van der Waals surface area contributed by atoms with E-state index in [1.54, 1.807) is 6.92 Å². The first-order chi connectivity index (χ1) is 15.4. The third-order valence-corrected chi connectivity index (χ3v) is 6.53. The predicted octanol–water partition coefficient (Wildman–Crippen LogP) is 3.26. The van der Waals surface area contributed by atoms with Gasteiger partial charge in [0.05, 0.1) is 11.9 Å². The molecule has 2 aromatic rings. The zero-order valence-corrected chi connectivity index (χ0v) is 21.1. The number of hydrogen-bond donors (Lipinski definition) is 1. The van der Waals surface area contributed by atoms with E-state index in [-0.39, 0.29) is 24.9 Å². The molecule has 1 N–H and O–H groups in total. The van der Waals surface area contributed by atoms with E-state index >= 15 is 0 Å². The van der Waals surface area contributed by atoms with Crippen LogP contribution >= 0.6 is 0 Å². The van der Waals surface area contributed by atoms with Crippen molar-refractivity contribution in [2.45, 2.75) is 47.2 Å². The van der Waals surface area contributed by atoms with E-state index in [2.05, 4.69) is 5.32 Å². The number of amides is 2. The molecule has 2 amide bonds. The van der Waals surface area contributed by atoms with Crippen molar-refractivity contribution in [3.05, 3.63) is 65.2 Å². The Balaban J connectivity index is 2.40. The molecule has 0 saturated heterocycles. The lowest BCUT2D eigenvalue weighted by molar-refractivity contribution is -0.139. The molecule has 2 rings (SSSR count). The minimum Gasteiger partial charge on any atom is -0.354 e. The molecule has 0 radical (unpaired) electrons. The van der Waals surface area contributed by atoms with Gasteiger partial charge in [-0.2, -0.15) is 0 Å². The van der Waals surface area contributed by atoms with Crippen LogP contribution in [0.2, 0.25) is 0 Å². The van der Waals surface area contributed by atoms with Crippen LogP contribution in [0.5, 0.6) is 0 Å². The van der Waals surface area contributed by atoms with Crippen LogP contribution in [-0.2, 0) is 26.2 Å². The largest absolute Gasteiger partial charge is 0.354 e. The number of anilines is 1. The highest BCUT2D eigenvalue weighted by atomic mass is 32.2. The maximum Gasteiger partial charge on any atom is 0.244 e. The zero-order chi connectivity index (χ0) is 24.8. The molecule has 0 fully saturated rings. The molecule has 0 heterocycles. The number of carbonyl (C=O) groups excluding carboxylic acids is 2. The summed E-state index contributed by atoms with van der Waals surface area (Å²) in [7, 11) is -3.75. The van der Waals surface area contributed by atoms with Crippen LogP contribution < -0.4 is 9.62 Å². The molecule has 33 heavy (non-hydrogen) atoms. The van der Waals surface area contributed by atoms with Gasteiger partial charge in [-0.25, -0.2) is 8.42 Å². The Labute approximate surface area is 197 Å². The molecule has 0 aromatic heterocycles. The van der Waals surface area contributed by atoms with Crippen LogP contribution in [0, 0.1) is 19.8 Å². The minimum atomic E-state index is -3.75. The summed E-state index contributed by atoms with van der Waals surface area (Å²) in [5.74, 6) is -0.450. The highest BCUT2D eigenvalue weighted by Gasteiger charge is 2.31. The topological polar surface area (TPSA) is 86.8 Å². The Morgan fingerprint density at radius 1 is 0.939 bits per heavy atom. The average molecular weight is 474 g/mol. The first-order valence-corrected chi connectivity index (χ1v) is 12.9. The fraction of sp³-hybridized carbons (Fsp3) is 0.440. The van der Waals surface area contributed by atoms with Gasteiger partial charge in [0.2, 0.25) is 21.8 Å². The van der Waals surface area contributed by atoms with Crippen LogP contribution in [0.4, 0.5) is 5.69 Å². The van der Waals surface area contributed by atoms with E-state index in [0.29, 0.717) is 12.2 Å². The van der Waals surface area contributed by atoms with Crippen molar-refractivity contribution >= 4 is 27.5 Å². The number of benzene rings is 2. The van der Waals surface area contributed by atoms with Gasteiger partial charge in [-0.1, -0.05) is 62.4 Å². The number of hydrogen-bond acceptors (Lipinski definition) is 4. The molecule has 0 bridgehead atoms. The Morgan fingerprint density at radius 2 is 1.52 bits per heavy atom. The van der Waals surface area contributed by atoms with Gasteiger partial charge in [-0.05, 0) is 43.4 Å². The monoisotopic (exact) mass is 473 g/mol. The lowest BCUT2D eigenvalue weighted by Gasteiger charge is -2.32. The Bertz CT molecular complexity index is 1050. The molecule has 8 heteroatoms. The zero-order valence-electron chi connectivity index (χ0n) is 20.3. The SMILES string of the molecule is Cc1cccc(C)c1N(CC(=O)N(Cc1ccccc1)[C@H](C)C(=O)NCC(C)C)S(C)(=O)=O. The summed E-state index contributed by atoms with van der Waals surface area (Å²) in [6.45, 7) is 9.58. The molecule has 1 atom stereocenters. The molecule has 180 valence electrons. The van der Waals surface area contributed by atoms with E-state index in [9.17, 15) is 18.0 Å². The fourth-order valence-corrected chi connectivity index (χ4v) is 4.55. The maximum absolute atomic E-state index is 13.5. The standard InChI is InChI=1S/C25H35N3O4S/c1-18(2)15-26-25(30)21(5)27(16-22-13-8-7-9-14-22)23(29)17-28(33(6,31)32)24-19(3)11-10-12-20(24)4/h7-14,18,21H,15-17H2,1-6H3,(H,26,30)/t21-/m1/s1. The van der Waals surface area contributed by atoms with Crippen molar-refractivity contribution in [2.24, 2.45) is 5.92 Å². The van der Waals surface area contributed by atoms with Crippen molar-refractivity contribution in [2.75, 3.05) is 23.7 Å². The van der Waals surface area contributed by atoms with Gasteiger partial charge >= 0.3 is 0 Å². The summed E-state index contributed by atoms with van der Waals surface area (Å²) in [5, 5.41) is 2.87. The van der Waals surface area contributed by atoms with Crippen molar-refractivity contribution in [1.82, 2.24) is 10.2 Å². The van der Waals surface area contributed by atoms with E-state index in [0.717, 1.165) is 27.3 Å². The Morgan fingerprint density at radius 3 is 2.03 bits per heavy atom. The molecule has 7 nitrogen and oxygen atoms in total. The van der Waals surface area contributed by atoms with Gasteiger partial charge in [0.15, 0.2) is 0 Å². The third kappa shape index (κ3) is 7.32. The summed E-state index contributed by atoms with van der Waals surface area (Å²) < 4.78 is 26.6. The van der Waals surface area contributed by atoms with Crippen molar-refractivity contribution in [3.63, 3.8) is 0 Å². The summed E-state index contributed by atoms with van der Waals surface area (Å²) >= 11 is 0. The van der Waals surface area contributed by atoms with Gasteiger partial charge in [-0.3, -0.25) is 13.9 Å². The Hall–Kier alpha value is -2.87. The van der Waals surface area contributed by atoms with Gasteiger partial charge in [0, 0.05) is 13.1 Å². The second kappa shape index (κ2) is 11.3. The summed E-state index contributed by atoms with van der Waals surface area (Å²) in [5.41, 5.74) is 2.85. The molecular weight excluding hydrogens is 438 g/mol. The number of para-hydroxylation sites is 1. The second-order valence-corrected chi connectivity index (χ2v) is 10.7. The van der Waals surface area contributed by atoms with E-state index < -0.39 is 22.0 Å². The number of nitrogens with one attached hydrogen (secondary N) is 1. The summed E-state index contributed by atoms with van der Waals surface area (Å²) in [4.78, 5) is 27.8. The van der Waals surface area contributed by atoms with Gasteiger partial charge in [0.25, 0.3) is 0 Å². The number of carbonyl (C=O) groups is 2. The number of sulfonamides is 1. The van der Waals surface area contributed by atoms with Crippen LogP contribution in [0.1, 0.15) is 37.5 Å². The first-order valence-electron chi connectivity index (χ1n) is 11.1. The van der Waals surface area contributed by atoms with Crippen molar-refractivity contribution < 1.29 is 18.0 Å². The second-order valence-electron chi connectivity index (χ2n) is 8.83. The maximum atomic E-state index is 13.5. The molecule has 0 unspecified atom stereocenters. The van der Waals surface area contributed by atoms with Gasteiger partial charge in [-0.15, -0.1) is 0 Å². The van der Waals surface area contributed by atoms with Crippen molar-refractivity contribution in [3.8, 4) is 0 Å². The van der Waals surface area contributed by atoms with E-state index in [4.69, 9.17) is 0 Å². The van der Waals surface area contributed by atoms with Crippen LogP contribution in [0.3, 0.4) is 0 Å². The lowest BCUT2D eigenvalue weighted by Crippen LogP contribution is -2.51. The van der Waals surface area contributed by atoms with E-state index in [1.165, 1.54) is 4.90 Å². The number of rotatable bonds is 10. The highest BCUT2D eigenvalue weighted by Crippen LogP contribution is 2.27. The molecule has 2 aromatic carbocycles. The van der Waals surface area contributed by atoms with E-state index in [1.807, 2.05) is 76.2 Å². The predicted molar refractivity (Wildman–Crippen MR) is 132 cm³/mol. The normalized spacial score (nSPS) is 12.3. The van der Waals surface area contributed by atoms with Crippen LogP contribution in [0.15, 0.2) is 48.5 Å². The molecule has 0 aliphatic carbocycles. The quantitative estimate of drug-likeness (QED) is 0.574. The van der Waals surface area contributed by atoms with Crippen LogP contribution in [0.25, 0.3) is 0 Å². The molecule has 0 saturated carbocycles. The molecule has 0 spiro atoms. The minimum absolute atomic E-state index is 0.195. The lowest BCUT2D eigenvalue weighted by atomic mass is 10.1. The third-order valence-electron chi connectivity index (χ3n) is 5.42. The average Bonchev–Trinajstić information content (AvgIpc) is 2.74. The van der Waals surface area contributed by atoms with Crippen LogP contribution in [-0.4, -0.2) is 50.5 Å². The number of aryl methyl sites for hydroxylation is 2. The first kappa shape index (κ1) is 26.4. The van der Waals surface area contributed by atoms with Gasteiger partial charge < -0.3 is 10.2 Å². The smallest absolute Gasteiger partial charge is 0.244 e. The Kier molecular flexibility index (Phi) is 9.05. The summed E-state index contributed by atoms with van der Waals surface area (Å²) in [6, 6.07) is 14.1.